The Morgan fingerprint density at radius 3 is 2.75 bits per heavy atom. The normalized spacial score (nSPS) is 30.2. The van der Waals surface area contributed by atoms with Crippen LogP contribution in [0.25, 0.3) is 0 Å². The van der Waals surface area contributed by atoms with Gasteiger partial charge in [0.25, 0.3) is 0 Å². The average molecular weight is 234 g/mol. The third kappa shape index (κ3) is 3.19. The van der Waals surface area contributed by atoms with Gasteiger partial charge in [0.1, 0.15) is 0 Å². The van der Waals surface area contributed by atoms with Gasteiger partial charge >= 0.3 is 0 Å². The lowest BCUT2D eigenvalue weighted by atomic mass is 10.2. The number of rotatable bonds is 3. The van der Waals surface area contributed by atoms with Gasteiger partial charge in [0.05, 0.1) is 0 Å². The molecule has 0 radical (unpaired) electrons. The molecule has 0 saturated carbocycles. The zero-order valence-electron chi connectivity index (χ0n) is 10.4. The fourth-order valence-corrected chi connectivity index (χ4v) is 5.95. The number of hydrogen-bond acceptors (Lipinski definition) is 1. The first kappa shape index (κ1) is 11.9. The van der Waals surface area contributed by atoms with Crippen molar-refractivity contribution < 1.29 is 4.43 Å². The maximum atomic E-state index is 6.23. The van der Waals surface area contributed by atoms with Crippen LogP contribution in [-0.4, -0.2) is 14.4 Å². The van der Waals surface area contributed by atoms with Gasteiger partial charge in [-0.2, -0.15) is 0 Å². The number of aryl methyl sites for hydroxylation is 1. The molecule has 88 valence electrons. The highest BCUT2D eigenvalue weighted by molar-refractivity contribution is 6.72. The average Bonchev–Trinajstić information content (AvgIpc) is 2.28. The highest BCUT2D eigenvalue weighted by Crippen LogP contribution is 2.30. The standard InChI is InChI=1S/C14H22OSi/c1-13-7-6-11-16(2,15-13)12-10-14-8-4-3-5-9-14/h3-5,8-9,13H,6-7,10-12H2,1-2H3. The van der Waals surface area contributed by atoms with Crippen molar-refractivity contribution in [3.05, 3.63) is 35.9 Å². The van der Waals surface area contributed by atoms with Crippen molar-refractivity contribution in [3.63, 3.8) is 0 Å². The van der Waals surface area contributed by atoms with E-state index in [9.17, 15) is 0 Å². The maximum Gasteiger partial charge on any atom is 0.190 e. The predicted octanol–water partition coefficient (Wildman–Crippen LogP) is 4.00. The lowest BCUT2D eigenvalue weighted by Gasteiger charge is -2.35. The predicted molar refractivity (Wildman–Crippen MR) is 71.2 cm³/mol. The summed E-state index contributed by atoms with van der Waals surface area (Å²) in [6.45, 7) is 4.64. The third-order valence-corrected chi connectivity index (χ3v) is 7.28. The molecule has 0 aromatic heterocycles. The second kappa shape index (κ2) is 5.15. The van der Waals surface area contributed by atoms with Crippen molar-refractivity contribution >= 4 is 8.32 Å². The van der Waals surface area contributed by atoms with Gasteiger partial charge in [0.2, 0.25) is 0 Å². The van der Waals surface area contributed by atoms with E-state index < -0.39 is 8.32 Å². The van der Waals surface area contributed by atoms with Crippen LogP contribution in [0.4, 0.5) is 0 Å². The Balaban J connectivity index is 1.89. The van der Waals surface area contributed by atoms with Crippen molar-refractivity contribution in [2.45, 2.75) is 50.9 Å². The summed E-state index contributed by atoms with van der Waals surface area (Å²) in [6, 6.07) is 13.4. The van der Waals surface area contributed by atoms with Crippen LogP contribution in [-0.2, 0) is 10.8 Å². The molecule has 2 heteroatoms. The summed E-state index contributed by atoms with van der Waals surface area (Å²) in [7, 11) is -1.38. The van der Waals surface area contributed by atoms with Crippen molar-refractivity contribution in [2.24, 2.45) is 0 Å². The molecule has 1 nitrogen and oxygen atoms in total. The molecule has 2 atom stereocenters. The molecule has 0 amide bonds. The van der Waals surface area contributed by atoms with Gasteiger partial charge in [-0.05, 0) is 44.0 Å². The Hall–Kier alpha value is -0.603. The Bertz CT molecular complexity index is 325. The summed E-state index contributed by atoms with van der Waals surface area (Å²) in [5.41, 5.74) is 1.46. The van der Waals surface area contributed by atoms with E-state index in [4.69, 9.17) is 4.43 Å². The highest BCUT2D eigenvalue weighted by atomic mass is 28.4. The topological polar surface area (TPSA) is 9.23 Å². The minimum atomic E-state index is -1.38. The van der Waals surface area contributed by atoms with E-state index in [0.29, 0.717) is 6.10 Å². The molecule has 1 aromatic rings. The molecule has 2 rings (SSSR count). The van der Waals surface area contributed by atoms with Gasteiger partial charge < -0.3 is 4.43 Å². The Morgan fingerprint density at radius 1 is 1.31 bits per heavy atom. The number of hydrogen-bond donors (Lipinski definition) is 0. The Labute approximate surface area is 100.0 Å². The second-order valence-corrected chi connectivity index (χ2v) is 9.39. The molecule has 1 heterocycles. The Kier molecular flexibility index (Phi) is 3.82. The van der Waals surface area contributed by atoms with Crippen LogP contribution in [0.3, 0.4) is 0 Å². The summed E-state index contributed by atoms with van der Waals surface area (Å²) >= 11 is 0. The van der Waals surface area contributed by atoms with E-state index in [1.54, 1.807) is 0 Å². The quantitative estimate of drug-likeness (QED) is 0.718. The zero-order valence-corrected chi connectivity index (χ0v) is 11.4. The second-order valence-electron chi connectivity index (χ2n) is 5.26. The lowest BCUT2D eigenvalue weighted by molar-refractivity contribution is 0.176. The molecular weight excluding hydrogens is 212 g/mol. The van der Waals surface area contributed by atoms with Crippen LogP contribution >= 0.6 is 0 Å². The van der Waals surface area contributed by atoms with Crippen molar-refractivity contribution in [1.29, 1.82) is 0 Å². The molecule has 0 spiro atoms. The van der Waals surface area contributed by atoms with E-state index in [1.807, 2.05) is 0 Å². The third-order valence-electron chi connectivity index (χ3n) is 3.59. The van der Waals surface area contributed by atoms with Crippen LogP contribution in [0.5, 0.6) is 0 Å². The van der Waals surface area contributed by atoms with E-state index in [-0.39, 0.29) is 0 Å². The largest absolute Gasteiger partial charge is 0.414 e. The summed E-state index contributed by atoms with van der Waals surface area (Å²) in [5, 5.41) is 0. The zero-order chi connectivity index (χ0) is 11.4. The van der Waals surface area contributed by atoms with Gasteiger partial charge in [0, 0.05) is 6.10 Å². The first-order valence-corrected chi connectivity index (χ1v) is 9.22. The molecule has 1 saturated heterocycles. The summed E-state index contributed by atoms with van der Waals surface area (Å²) < 4.78 is 6.23. The number of benzene rings is 1. The molecule has 1 aliphatic heterocycles. The molecule has 0 aliphatic carbocycles. The van der Waals surface area contributed by atoms with Gasteiger partial charge in [-0.3, -0.25) is 0 Å². The first-order chi connectivity index (χ1) is 7.68. The fraction of sp³-hybridized carbons (Fsp3) is 0.571. The SMILES string of the molecule is CC1CCC[Si](C)(CCc2ccccc2)O1. The summed E-state index contributed by atoms with van der Waals surface area (Å²) in [4.78, 5) is 0. The first-order valence-electron chi connectivity index (χ1n) is 6.40. The smallest absolute Gasteiger partial charge is 0.190 e. The van der Waals surface area contributed by atoms with Crippen LogP contribution in [0, 0.1) is 0 Å². The van der Waals surface area contributed by atoms with Gasteiger partial charge in [-0.1, -0.05) is 36.8 Å². The molecule has 2 unspecified atom stereocenters. The van der Waals surface area contributed by atoms with Crippen LogP contribution in [0.15, 0.2) is 30.3 Å². The minimum absolute atomic E-state index is 0.501. The van der Waals surface area contributed by atoms with Crippen molar-refractivity contribution in [3.8, 4) is 0 Å². The molecule has 1 aliphatic rings. The lowest BCUT2D eigenvalue weighted by Crippen LogP contribution is -2.41. The molecule has 16 heavy (non-hydrogen) atoms. The van der Waals surface area contributed by atoms with Crippen LogP contribution in [0.2, 0.25) is 18.6 Å². The molecule has 0 N–H and O–H groups in total. The van der Waals surface area contributed by atoms with E-state index >= 15 is 0 Å². The summed E-state index contributed by atoms with van der Waals surface area (Å²) in [6.07, 6.45) is 4.32. The summed E-state index contributed by atoms with van der Waals surface area (Å²) in [5.74, 6) is 0. The maximum absolute atomic E-state index is 6.23. The molecule has 1 fully saturated rings. The van der Waals surface area contributed by atoms with E-state index in [0.717, 1.165) is 0 Å². The van der Waals surface area contributed by atoms with Gasteiger partial charge in [0.15, 0.2) is 8.32 Å². The van der Waals surface area contributed by atoms with Gasteiger partial charge in [-0.15, -0.1) is 0 Å². The molecular formula is C14H22OSi. The van der Waals surface area contributed by atoms with Crippen LogP contribution in [0.1, 0.15) is 25.3 Å². The van der Waals surface area contributed by atoms with Crippen molar-refractivity contribution in [1.82, 2.24) is 0 Å². The molecule has 1 aromatic carbocycles. The fourth-order valence-electron chi connectivity index (χ4n) is 2.60. The monoisotopic (exact) mass is 234 g/mol. The van der Waals surface area contributed by atoms with Gasteiger partial charge in [-0.25, -0.2) is 0 Å². The van der Waals surface area contributed by atoms with E-state index in [2.05, 4.69) is 43.8 Å². The van der Waals surface area contributed by atoms with E-state index in [1.165, 1.54) is 36.9 Å². The van der Waals surface area contributed by atoms with Crippen molar-refractivity contribution in [2.75, 3.05) is 0 Å². The highest BCUT2D eigenvalue weighted by Gasteiger charge is 2.33. The Morgan fingerprint density at radius 2 is 2.06 bits per heavy atom. The minimum Gasteiger partial charge on any atom is -0.414 e. The molecule has 0 bridgehead atoms. The van der Waals surface area contributed by atoms with Crippen LogP contribution < -0.4 is 0 Å².